The summed E-state index contributed by atoms with van der Waals surface area (Å²) < 4.78 is 41.9. The first-order valence-electron chi connectivity index (χ1n) is 8.16. The monoisotopic (exact) mass is 351 g/mol. The Kier molecular flexibility index (Phi) is 4.60. The van der Waals surface area contributed by atoms with Gasteiger partial charge < -0.3 is 9.13 Å². The molecule has 1 saturated heterocycles. The van der Waals surface area contributed by atoms with Gasteiger partial charge in [-0.25, -0.2) is 4.98 Å². The number of nitrogens with zero attached hydrogens (tertiary/aromatic N) is 5. The predicted molar refractivity (Wildman–Crippen MR) is 85.6 cm³/mol. The van der Waals surface area contributed by atoms with Crippen LogP contribution in [-0.2, 0) is 26.8 Å². The largest absolute Gasteiger partial charge is 0.434 e. The van der Waals surface area contributed by atoms with Gasteiger partial charge in [-0.05, 0) is 31.0 Å². The number of halogens is 3. The molecular formula is C17H20F3N5. The van der Waals surface area contributed by atoms with Crippen molar-refractivity contribution in [2.45, 2.75) is 31.5 Å². The van der Waals surface area contributed by atoms with Crippen LogP contribution in [0.4, 0.5) is 13.2 Å². The van der Waals surface area contributed by atoms with Gasteiger partial charge in [-0.15, -0.1) is 0 Å². The van der Waals surface area contributed by atoms with E-state index in [4.69, 9.17) is 5.26 Å². The maximum atomic E-state index is 12.9. The molecule has 134 valence electrons. The summed E-state index contributed by atoms with van der Waals surface area (Å²) >= 11 is 0. The third-order valence-corrected chi connectivity index (χ3v) is 4.66. The summed E-state index contributed by atoms with van der Waals surface area (Å²) in [7, 11) is 3.44. The summed E-state index contributed by atoms with van der Waals surface area (Å²) in [6.07, 6.45) is 0.311. The van der Waals surface area contributed by atoms with E-state index in [1.165, 1.54) is 4.57 Å². The lowest BCUT2D eigenvalue weighted by Crippen LogP contribution is -2.34. The van der Waals surface area contributed by atoms with Gasteiger partial charge in [0.1, 0.15) is 17.6 Å². The predicted octanol–water partition coefficient (Wildman–Crippen LogP) is 3.03. The molecule has 2 aromatic heterocycles. The number of aromatic nitrogens is 3. The molecule has 0 N–H and O–H groups in total. The van der Waals surface area contributed by atoms with Crippen molar-refractivity contribution in [2.24, 2.45) is 14.1 Å². The number of hydrogen-bond donors (Lipinski definition) is 0. The van der Waals surface area contributed by atoms with Gasteiger partial charge in [0.15, 0.2) is 5.69 Å². The molecule has 0 amide bonds. The average molecular weight is 351 g/mol. The van der Waals surface area contributed by atoms with E-state index in [0.29, 0.717) is 24.6 Å². The van der Waals surface area contributed by atoms with E-state index in [2.05, 4.69) is 16.0 Å². The highest BCUT2D eigenvalue weighted by Gasteiger charge is 2.36. The smallest absolute Gasteiger partial charge is 0.342 e. The molecule has 3 heterocycles. The van der Waals surface area contributed by atoms with Crippen molar-refractivity contribution in [1.29, 1.82) is 5.26 Å². The normalized spacial score (nSPS) is 19.1. The first-order valence-corrected chi connectivity index (χ1v) is 8.16. The molecule has 0 spiro atoms. The van der Waals surface area contributed by atoms with Crippen LogP contribution in [0.1, 0.15) is 41.5 Å². The third-order valence-electron chi connectivity index (χ3n) is 4.66. The molecule has 0 unspecified atom stereocenters. The summed E-state index contributed by atoms with van der Waals surface area (Å²) in [5, 5.41) is 9.04. The van der Waals surface area contributed by atoms with Crippen LogP contribution in [-0.4, -0.2) is 32.1 Å². The molecule has 0 aliphatic carbocycles. The van der Waals surface area contributed by atoms with Crippen LogP contribution in [0.3, 0.4) is 0 Å². The molecule has 3 rings (SSSR count). The highest BCUT2D eigenvalue weighted by atomic mass is 19.4. The van der Waals surface area contributed by atoms with Gasteiger partial charge in [0.25, 0.3) is 0 Å². The van der Waals surface area contributed by atoms with E-state index in [1.54, 1.807) is 11.6 Å². The molecule has 5 nitrogen and oxygen atoms in total. The average Bonchev–Trinajstić information content (AvgIpc) is 3.10. The first kappa shape index (κ1) is 17.5. The Morgan fingerprint density at radius 1 is 1.28 bits per heavy atom. The van der Waals surface area contributed by atoms with Crippen LogP contribution in [0.5, 0.6) is 0 Å². The van der Waals surface area contributed by atoms with Crippen molar-refractivity contribution in [2.75, 3.05) is 13.1 Å². The molecule has 1 atom stereocenters. The second-order valence-corrected chi connectivity index (χ2v) is 6.62. The lowest BCUT2D eigenvalue weighted by Gasteiger charge is -2.32. The second-order valence-electron chi connectivity index (χ2n) is 6.62. The maximum absolute atomic E-state index is 12.9. The van der Waals surface area contributed by atoms with Crippen LogP contribution in [0.25, 0.3) is 0 Å². The first-order chi connectivity index (χ1) is 11.8. The summed E-state index contributed by atoms with van der Waals surface area (Å²) in [5.74, 6) is 0.469. The molecule has 0 bridgehead atoms. The number of imidazole rings is 1. The SMILES string of the molecule is Cn1cc(CN2CCC[C@H](c3nc(C(F)(F)F)cn3C)C2)cc1C#N. The van der Waals surface area contributed by atoms with Gasteiger partial charge in [0, 0.05) is 45.5 Å². The van der Waals surface area contributed by atoms with E-state index >= 15 is 0 Å². The zero-order valence-corrected chi connectivity index (χ0v) is 14.2. The number of likely N-dealkylation sites (tertiary alicyclic amines) is 1. The number of piperidine rings is 1. The molecule has 0 radical (unpaired) electrons. The van der Waals surface area contributed by atoms with Crippen molar-refractivity contribution in [3.63, 3.8) is 0 Å². The summed E-state index contributed by atoms with van der Waals surface area (Å²) in [6, 6.07) is 3.99. The van der Waals surface area contributed by atoms with Crippen molar-refractivity contribution in [1.82, 2.24) is 19.0 Å². The minimum absolute atomic E-state index is 0.0194. The molecule has 0 aromatic carbocycles. The number of rotatable bonds is 3. The Morgan fingerprint density at radius 3 is 2.64 bits per heavy atom. The molecule has 25 heavy (non-hydrogen) atoms. The molecular weight excluding hydrogens is 331 g/mol. The Hall–Kier alpha value is -2.27. The van der Waals surface area contributed by atoms with E-state index in [9.17, 15) is 13.2 Å². The standard InChI is InChI=1S/C17H20F3N5/c1-23-8-12(6-14(23)7-21)9-25-5-3-4-13(10-25)16-22-15(11-24(16)2)17(18,19)20/h6,8,11,13H,3-5,9-10H2,1-2H3/t13-/m0/s1. The van der Waals surface area contributed by atoms with Gasteiger partial charge in [-0.1, -0.05) is 0 Å². The lowest BCUT2D eigenvalue weighted by atomic mass is 9.97. The molecule has 1 fully saturated rings. The van der Waals surface area contributed by atoms with Crippen molar-refractivity contribution in [3.8, 4) is 6.07 Å². The minimum atomic E-state index is -4.41. The number of hydrogen-bond acceptors (Lipinski definition) is 3. The maximum Gasteiger partial charge on any atom is 0.434 e. The Labute approximate surface area is 144 Å². The zero-order chi connectivity index (χ0) is 18.2. The zero-order valence-electron chi connectivity index (χ0n) is 14.2. The topological polar surface area (TPSA) is 49.8 Å². The van der Waals surface area contributed by atoms with Gasteiger partial charge in [0.05, 0.1) is 0 Å². The van der Waals surface area contributed by atoms with Crippen LogP contribution < -0.4 is 0 Å². The Balaban J connectivity index is 1.73. The lowest BCUT2D eigenvalue weighted by molar-refractivity contribution is -0.141. The van der Waals surface area contributed by atoms with Crippen LogP contribution in [0, 0.1) is 11.3 Å². The second kappa shape index (κ2) is 6.56. The van der Waals surface area contributed by atoms with E-state index in [1.807, 2.05) is 19.3 Å². The van der Waals surface area contributed by atoms with Gasteiger partial charge in [0.2, 0.25) is 0 Å². The fourth-order valence-electron chi connectivity index (χ4n) is 3.50. The van der Waals surface area contributed by atoms with Crippen molar-refractivity contribution < 1.29 is 13.2 Å². The quantitative estimate of drug-likeness (QED) is 0.854. The van der Waals surface area contributed by atoms with Gasteiger partial charge >= 0.3 is 6.18 Å². The van der Waals surface area contributed by atoms with Crippen molar-refractivity contribution in [3.05, 3.63) is 41.2 Å². The van der Waals surface area contributed by atoms with Crippen LogP contribution >= 0.6 is 0 Å². The molecule has 1 aliphatic heterocycles. The number of alkyl halides is 3. The third kappa shape index (κ3) is 3.71. The molecule has 1 aliphatic rings. The minimum Gasteiger partial charge on any atom is -0.342 e. The van der Waals surface area contributed by atoms with Gasteiger partial charge in [-0.3, -0.25) is 4.90 Å². The van der Waals surface area contributed by atoms with Gasteiger partial charge in [-0.2, -0.15) is 18.4 Å². The van der Waals surface area contributed by atoms with E-state index < -0.39 is 11.9 Å². The number of aryl methyl sites for hydroxylation is 2. The van der Waals surface area contributed by atoms with Crippen LogP contribution in [0.15, 0.2) is 18.5 Å². The highest BCUT2D eigenvalue weighted by Crippen LogP contribution is 2.32. The summed E-state index contributed by atoms with van der Waals surface area (Å²) in [5.41, 5.74) is 0.807. The van der Waals surface area contributed by atoms with E-state index in [-0.39, 0.29) is 5.92 Å². The summed E-state index contributed by atoms with van der Waals surface area (Å²) in [6.45, 7) is 2.24. The molecule has 0 saturated carbocycles. The number of nitriles is 1. The van der Waals surface area contributed by atoms with Crippen molar-refractivity contribution >= 4 is 0 Å². The molecule has 2 aromatic rings. The summed E-state index contributed by atoms with van der Waals surface area (Å²) in [4.78, 5) is 6.06. The fraction of sp³-hybridized carbons (Fsp3) is 0.529. The van der Waals surface area contributed by atoms with E-state index in [0.717, 1.165) is 31.1 Å². The van der Waals surface area contributed by atoms with Crippen LogP contribution in [0.2, 0.25) is 0 Å². The highest BCUT2D eigenvalue weighted by molar-refractivity contribution is 5.28. The fourth-order valence-corrected chi connectivity index (χ4v) is 3.50. The Bertz CT molecular complexity index is 796. The Morgan fingerprint density at radius 2 is 2.04 bits per heavy atom. The molecule has 8 heteroatoms.